The minimum atomic E-state index is -3.84. The van der Waals surface area contributed by atoms with Gasteiger partial charge in [0.2, 0.25) is 0 Å². The normalized spacial score (nSPS) is 11.2. The van der Waals surface area contributed by atoms with Gasteiger partial charge in [0.15, 0.2) is 0 Å². The molecule has 140 valence electrons. The van der Waals surface area contributed by atoms with Crippen LogP contribution in [0.5, 0.6) is 0 Å². The highest BCUT2D eigenvalue weighted by Gasteiger charge is 2.18. The van der Waals surface area contributed by atoms with Gasteiger partial charge in [-0.25, -0.2) is 8.42 Å². The maximum Gasteiger partial charge on any atom is 0.262 e. The zero-order valence-corrected chi connectivity index (χ0v) is 16.2. The van der Waals surface area contributed by atoms with Crippen molar-refractivity contribution in [2.75, 3.05) is 10.0 Å². The summed E-state index contributed by atoms with van der Waals surface area (Å²) in [7, 11) is -2.13. The third-order valence-electron chi connectivity index (χ3n) is 3.80. The van der Waals surface area contributed by atoms with Crippen molar-refractivity contribution in [3.63, 3.8) is 0 Å². The summed E-state index contributed by atoms with van der Waals surface area (Å²) in [5.41, 5.74) is 1.69. The van der Waals surface area contributed by atoms with Crippen molar-refractivity contribution in [2.45, 2.75) is 11.8 Å². The quantitative estimate of drug-likeness (QED) is 0.681. The van der Waals surface area contributed by atoms with Crippen LogP contribution in [0.3, 0.4) is 0 Å². The van der Waals surface area contributed by atoms with Crippen molar-refractivity contribution < 1.29 is 13.2 Å². The summed E-state index contributed by atoms with van der Waals surface area (Å²) in [6, 6.07) is 11.0. The number of nitrogens with one attached hydrogen (secondary N) is 2. The maximum absolute atomic E-state index is 12.7. The first-order chi connectivity index (χ1) is 12.7. The minimum Gasteiger partial charge on any atom is -0.322 e. The van der Waals surface area contributed by atoms with Crippen LogP contribution in [-0.4, -0.2) is 24.1 Å². The van der Waals surface area contributed by atoms with Crippen molar-refractivity contribution >= 4 is 38.9 Å². The Morgan fingerprint density at radius 1 is 1.11 bits per heavy atom. The van der Waals surface area contributed by atoms with E-state index >= 15 is 0 Å². The lowest BCUT2D eigenvalue weighted by molar-refractivity contribution is 0.102. The van der Waals surface area contributed by atoms with E-state index in [9.17, 15) is 13.2 Å². The number of carbonyl (C=O) groups excluding carboxylic acids is 1. The molecule has 1 heterocycles. The van der Waals surface area contributed by atoms with Gasteiger partial charge in [0.1, 0.15) is 0 Å². The molecule has 3 rings (SSSR count). The van der Waals surface area contributed by atoms with E-state index < -0.39 is 10.0 Å². The number of halogens is 1. The van der Waals surface area contributed by atoms with E-state index in [0.29, 0.717) is 27.5 Å². The summed E-state index contributed by atoms with van der Waals surface area (Å²) in [4.78, 5) is 12.3. The molecule has 0 aliphatic heterocycles. The van der Waals surface area contributed by atoms with Gasteiger partial charge in [0, 0.05) is 29.6 Å². The lowest BCUT2D eigenvalue weighted by Crippen LogP contribution is -2.16. The highest BCUT2D eigenvalue weighted by molar-refractivity contribution is 7.92. The standard InChI is InChI=1S/C18H17ClN4O3S/c1-12-3-6-16(21-18(24)13-10-20-23(2)11-13)9-17(12)27(25,26)22-15-7-4-14(19)5-8-15/h3-11,22H,1-2H3,(H,21,24). The van der Waals surface area contributed by atoms with Gasteiger partial charge in [-0.3, -0.25) is 14.2 Å². The molecule has 0 saturated heterocycles. The predicted molar refractivity (Wildman–Crippen MR) is 105 cm³/mol. The van der Waals surface area contributed by atoms with Crippen LogP contribution >= 0.6 is 11.6 Å². The van der Waals surface area contributed by atoms with Gasteiger partial charge in [-0.1, -0.05) is 17.7 Å². The zero-order valence-electron chi connectivity index (χ0n) is 14.6. The number of carbonyl (C=O) groups is 1. The molecule has 3 aromatic rings. The van der Waals surface area contributed by atoms with Crippen LogP contribution in [0.2, 0.25) is 5.02 Å². The van der Waals surface area contributed by atoms with Crippen molar-refractivity contribution in [2.24, 2.45) is 7.05 Å². The number of aromatic nitrogens is 2. The molecule has 0 bridgehead atoms. The van der Waals surface area contributed by atoms with Crippen LogP contribution in [0.25, 0.3) is 0 Å². The number of nitrogens with zero attached hydrogens (tertiary/aromatic N) is 2. The van der Waals surface area contributed by atoms with Crippen molar-refractivity contribution in [1.82, 2.24) is 9.78 Å². The third kappa shape index (κ3) is 4.47. The number of hydrogen-bond donors (Lipinski definition) is 2. The fourth-order valence-electron chi connectivity index (χ4n) is 2.44. The fourth-order valence-corrected chi connectivity index (χ4v) is 3.89. The molecule has 7 nitrogen and oxygen atoms in total. The molecule has 0 saturated carbocycles. The van der Waals surface area contributed by atoms with E-state index in [4.69, 9.17) is 11.6 Å². The van der Waals surface area contributed by atoms with Gasteiger partial charge in [-0.15, -0.1) is 0 Å². The fraction of sp³-hybridized carbons (Fsp3) is 0.111. The Morgan fingerprint density at radius 2 is 1.78 bits per heavy atom. The second-order valence-electron chi connectivity index (χ2n) is 5.95. The molecule has 0 radical (unpaired) electrons. The van der Waals surface area contributed by atoms with Crippen molar-refractivity contribution in [3.8, 4) is 0 Å². The van der Waals surface area contributed by atoms with Gasteiger partial charge >= 0.3 is 0 Å². The average Bonchev–Trinajstić information content (AvgIpc) is 3.05. The number of sulfonamides is 1. The molecule has 0 aliphatic carbocycles. The smallest absolute Gasteiger partial charge is 0.262 e. The Labute approximate surface area is 162 Å². The number of rotatable bonds is 5. The number of amides is 1. The summed E-state index contributed by atoms with van der Waals surface area (Å²) >= 11 is 5.82. The van der Waals surface area contributed by atoms with Gasteiger partial charge in [0.25, 0.3) is 15.9 Å². The predicted octanol–water partition coefficient (Wildman–Crippen LogP) is 3.44. The number of benzene rings is 2. The summed E-state index contributed by atoms with van der Waals surface area (Å²) < 4.78 is 29.5. The summed E-state index contributed by atoms with van der Waals surface area (Å²) in [6.07, 6.45) is 3.01. The molecule has 0 unspecified atom stereocenters. The lowest BCUT2D eigenvalue weighted by Gasteiger charge is -2.12. The topological polar surface area (TPSA) is 93.1 Å². The van der Waals surface area contributed by atoms with E-state index in [1.165, 1.54) is 16.9 Å². The van der Waals surface area contributed by atoms with Crippen LogP contribution in [-0.2, 0) is 17.1 Å². The largest absolute Gasteiger partial charge is 0.322 e. The molecular weight excluding hydrogens is 388 g/mol. The van der Waals surface area contributed by atoms with Crippen molar-refractivity contribution in [3.05, 3.63) is 71.0 Å². The lowest BCUT2D eigenvalue weighted by atomic mass is 10.2. The average molecular weight is 405 g/mol. The Morgan fingerprint density at radius 3 is 2.41 bits per heavy atom. The molecule has 9 heteroatoms. The Balaban J connectivity index is 1.85. The second-order valence-corrected chi connectivity index (χ2v) is 8.04. The Bertz CT molecular complexity index is 1090. The highest BCUT2D eigenvalue weighted by atomic mass is 35.5. The highest BCUT2D eigenvalue weighted by Crippen LogP contribution is 2.24. The molecule has 1 aromatic heterocycles. The number of aryl methyl sites for hydroxylation is 2. The monoisotopic (exact) mass is 404 g/mol. The summed E-state index contributed by atoms with van der Waals surface area (Å²) in [5.74, 6) is -0.374. The minimum absolute atomic E-state index is 0.0708. The van der Waals surface area contributed by atoms with E-state index in [-0.39, 0.29) is 10.8 Å². The van der Waals surface area contributed by atoms with Gasteiger partial charge < -0.3 is 5.32 Å². The number of anilines is 2. The molecule has 0 atom stereocenters. The molecule has 2 N–H and O–H groups in total. The van der Waals surface area contributed by atoms with Crippen LogP contribution in [0.15, 0.2) is 59.8 Å². The van der Waals surface area contributed by atoms with Crippen LogP contribution in [0.4, 0.5) is 11.4 Å². The number of hydrogen-bond acceptors (Lipinski definition) is 4. The van der Waals surface area contributed by atoms with E-state index in [1.54, 1.807) is 56.6 Å². The van der Waals surface area contributed by atoms with E-state index in [2.05, 4.69) is 15.1 Å². The first-order valence-corrected chi connectivity index (χ1v) is 9.80. The first-order valence-electron chi connectivity index (χ1n) is 7.94. The summed E-state index contributed by atoms with van der Waals surface area (Å²) in [5, 5.41) is 7.13. The maximum atomic E-state index is 12.7. The Hall–Kier alpha value is -2.84. The van der Waals surface area contributed by atoms with Gasteiger partial charge in [-0.2, -0.15) is 5.10 Å². The molecule has 27 heavy (non-hydrogen) atoms. The van der Waals surface area contributed by atoms with Crippen LogP contribution in [0.1, 0.15) is 15.9 Å². The summed E-state index contributed by atoms with van der Waals surface area (Å²) in [6.45, 7) is 1.68. The van der Waals surface area contributed by atoms with Gasteiger partial charge in [0.05, 0.1) is 16.7 Å². The Kier molecular flexibility index (Phi) is 5.20. The zero-order chi connectivity index (χ0) is 19.6. The van der Waals surface area contributed by atoms with E-state index in [1.807, 2.05) is 0 Å². The molecular formula is C18H17ClN4O3S. The molecule has 1 amide bonds. The van der Waals surface area contributed by atoms with E-state index in [0.717, 1.165) is 0 Å². The molecule has 0 aliphatic rings. The SMILES string of the molecule is Cc1ccc(NC(=O)c2cnn(C)c2)cc1S(=O)(=O)Nc1ccc(Cl)cc1. The molecule has 0 spiro atoms. The van der Waals surface area contributed by atoms with Crippen LogP contribution in [0, 0.1) is 6.92 Å². The third-order valence-corrected chi connectivity index (χ3v) is 5.57. The first kappa shape index (κ1) is 18.9. The van der Waals surface area contributed by atoms with Crippen LogP contribution < -0.4 is 10.0 Å². The molecule has 2 aromatic carbocycles. The molecule has 0 fully saturated rings. The second kappa shape index (κ2) is 7.42. The van der Waals surface area contributed by atoms with Crippen molar-refractivity contribution in [1.29, 1.82) is 0 Å². The van der Waals surface area contributed by atoms with Gasteiger partial charge in [-0.05, 0) is 48.9 Å².